The van der Waals surface area contributed by atoms with Crippen molar-refractivity contribution < 1.29 is 5.11 Å². The zero-order valence-corrected chi connectivity index (χ0v) is 11.6. The van der Waals surface area contributed by atoms with Crippen LogP contribution < -0.4 is 0 Å². The first kappa shape index (κ1) is 13.4. The van der Waals surface area contributed by atoms with E-state index in [0.717, 1.165) is 43.7 Å². The molecule has 0 atom stereocenters. The van der Waals surface area contributed by atoms with Crippen LogP contribution in [-0.2, 0) is 0 Å². The molecule has 100 valence electrons. The number of hydrogen-bond donors (Lipinski definition) is 1. The van der Waals surface area contributed by atoms with Crippen LogP contribution in [0.4, 0.5) is 0 Å². The van der Waals surface area contributed by atoms with Crippen molar-refractivity contribution in [2.24, 2.45) is 17.8 Å². The number of aliphatic hydroxyl groups is 1. The SMILES string of the molecule is CC(C)C1CCC(CN2CCC(O)CC2)CC1. The first-order chi connectivity index (χ1) is 8.15. The van der Waals surface area contributed by atoms with Crippen molar-refractivity contribution in [3.05, 3.63) is 0 Å². The molecule has 0 aromatic heterocycles. The highest BCUT2D eigenvalue weighted by molar-refractivity contribution is 4.79. The van der Waals surface area contributed by atoms with Gasteiger partial charge in [0.2, 0.25) is 0 Å². The Morgan fingerprint density at radius 1 is 1.00 bits per heavy atom. The van der Waals surface area contributed by atoms with Gasteiger partial charge in [0, 0.05) is 19.6 Å². The zero-order valence-electron chi connectivity index (χ0n) is 11.6. The second kappa shape index (κ2) is 6.19. The van der Waals surface area contributed by atoms with E-state index in [1.54, 1.807) is 0 Å². The number of rotatable bonds is 3. The van der Waals surface area contributed by atoms with Crippen LogP contribution in [0.25, 0.3) is 0 Å². The summed E-state index contributed by atoms with van der Waals surface area (Å²) in [5.41, 5.74) is 0. The Kier molecular flexibility index (Phi) is 4.87. The van der Waals surface area contributed by atoms with Crippen LogP contribution in [0.3, 0.4) is 0 Å². The lowest BCUT2D eigenvalue weighted by Gasteiger charge is -2.36. The Morgan fingerprint density at radius 3 is 2.12 bits per heavy atom. The van der Waals surface area contributed by atoms with Crippen LogP contribution in [0.15, 0.2) is 0 Å². The average molecular weight is 239 g/mol. The van der Waals surface area contributed by atoms with Crippen LogP contribution in [-0.4, -0.2) is 35.7 Å². The van der Waals surface area contributed by atoms with Gasteiger partial charge in [-0.1, -0.05) is 13.8 Å². The van der Waals surface area contributed by atoms with Crippen LogP contribution in [0.1, 0.15) is 52.4 Å². The van der Waals surface area contributed by atoms with E-state index in [4.69, 9.17) is 0 Å². The maximum Gasteiger partial charge on any atom is 0.0564 e. The standard InChI is InChI=1S/C15H29NO/c1-12(2)14-5-3-13(4-6-14)11-16-9-7-15(17)8-10-16/h12-15,17H,3-11H2,1-2H3. The van der Waals surface area contributed by atoms with Crippen molar-refractivity contribution in [3.63, 3.8) is 0 Å². The van der Waals surface area contributed by atoms with Gasteiger partial charge in [0.25, 0.3) is 0 Å². The van der Waals surface area contributed by atoms with Gasteiger partial charge in [0.15, 0.2) is 0 Å². The molecule has 0 radical (unpaired) electrons. The molecule has 1 aliphatic carbocycles. The highest BCUT2D eigenvalue weighted by atomic mass is 16.3. The Labute approximate surface area is 106 Å². The number of aliphatic hydroxyl groups excluding tert-OH is 1. The predicted molar refractivity (Wildman–Crippen MR) is 72.0 cm³/mol. The summed E-state index contributed by atoms with van der Waals surface area (Å²) in [5, 5.41) is 9.50. The largest absolute Gasteiger partial charge is 0.393 e. The molecule has 0 unspecified atom stereocenters. The minimum atomic E-state index is -0.0251. The van der Waals surface area contributed by atoms with Crippen LogP contribution in [0.5, 0.6) is 0 Å². The van der Waals surface area contributed by atoms with Crippen LogP contribution in [0.2, 0.25) is 0 Å². The van der Waals surface area contributed by atoms with Gasteiger partial charge in [0.1, 0.15) is 0 Å². The normalized spacial score (nSPS) is 33.2. The van der Waals surface area contributed by atoms with E-state index in [1.165, 1.54) is 32.2 Å². The van der Waals surface area contributed by atoms with E-state index >= 15 is 0 Å². The van der Waals surface area contributed by atoms with Crippen molar-refractivity contribution >= 4 is 0 Å². The maximum absolute atomic E-state index is 9.50. The lowest BCUT2D eigenvalue weighted by Crippen LogP contribution is -2.39. The Hall–Kier alpha value is -0.0800. The highest BCUT2D eigenvalue weighted by Gasteiger charge is 2.26. The summed E-state index contributed by atoms with van der Waals surface area (Å²) in [6, 6.07) is 0. The molecule has 0 aromatic carbocycles. The van der Waals surface area contributed by atoms with E-state index in [2.05, 4.69) is 18.7 Å². The molecule has 0 amide bonds. The number of nitrogens with zero attached hydrogens (tertiary/aromatic N) is 1. The third-order valence-electron chi connectivity index (χ3n) is 4.91. The fourth-order valence-electron chi connectivity index (χ4n) is 3.50. The van der Waals surface area contributed by atoms with Crippen molar-refractivity contribution in [3.8, 4) is 0 Å². The van der Waals surface area contributed by atoms with E-state index in [-0.39, 0.29) is 6.10 Å². The molecular weight excluding hydrogens is 210 g/mol. The number of piperidine rings is 1. The zero-order chi connectivity index (χ0) is 12.3. The van der Waals surface area contributed by atoms with Crippen LogP contribution in [0, 0.1) is 17.8 Å². The first-order valence-electron chi connectivity index (χ1n) is 7.55. The minimum Gasteiger partial charge on any atom is -0.393 e. The van der Waals surface area contributed by atoms with Gasteiger partial charge < -0.3 is 10.0 Å². The average Bonchev–Trinajstić information content (AvgIpc) is 2.33. The summed E-state index contributed by atoms with van der Waals surface area (Å²) in [7, 11) is 0. The molecular formula is C15H29NO. The third kappa shape index (κ3) is 3.96. The van der Waals surface area contributed by atoms with E-state index in [9.17, 15) is 5.11 Å². The molecule has 1 aliphatic heterocycles. The maximum atomic E-state index is 9.50. The smallest absolute Gasteiger partial charge is 0.0564 e. The van der Waals surface area contributed by atoms with Crippen LogP contribution >= 0.6 is 0 Å². The van der Waals surface area contributed by atoms with Gasteiger partial charge in [0.05, 0.1) is 6.10 Å². The number of hydrogen-bond acceptors (Lipinski definition) is 2. The van der Waals surface area contributed by atoms with E-state index in [1.807, 2.05) is 0 Å². The molecule has 2 rings (SSSR count). The minimum absolute atomic E-state index is 0.0251. The molecule has 1 N–H and O–H groups in total. The van der Waals surface area contributed by atoms with Crippen molar-refractivity contribution in [1.29, 1.82) is 0 Å². The summed E-state index contributed by atoms with van der Waals surface area (Å²) in [4.78, 5) is 2.58. The second-order valence-corrected chi connectivity index (χ2v) is 6.56. The molecule has 0 spiro atoms. The van der Waals surface area contributed by atoms with Gasteiger partial charge in [-0.15, -0.1) is 0 Å². The molecule has 1 saturated carbocycles. The van der Waals surface area contributed by atoms with E-state index in [0.29, 0.717) is 0 Å². The first-order valence-corrected chi connectivity index (χ1v) is 7.55. The lowest BCUT2D eigenvalue weighted by molar-refractivity contribution is 0.0673. The molecule has 2 aliphatic rings. The fraction of sp³-hybridized carbons (Fsp3) is 1.00. The third-order valence-corrected chi connectivity index (χ3v) is 4.91. The van der Waals surface area contributed by atoms with Crippen molar-refractivity contribution in [2.75, 3.05) is 19.6 Å². The fourth-order valence-corrected chi connectivity index (χ4v) is 3.50. The summed E-state index contributed by atoms with van der Waals surface area (Å²) < 4.78 is 0. The second-order valence-electron chi connectivity index (χ2n) is 6.56. The molecule has 0 aromatic rings. The predicted octanol–water partition coefficient (Wildman–Crippen LogP) is 2.91. The quantitative estimate of drug-likeness (QED) is 0.818. The van der Waals surface area contributed by atoms with Crippen molar-refractivity contribution in [1.82, 2.24) is 4.90 Å². The molecule has 1 saturated heterocycles. The molecule has 17 heavy (non-hydrogen) atoms. The Balaban J connectivity index is 1.67. The summed E-state index contributed by atoms with van der Waals surface area (Å²) in [5.74, 6) is 2.79. The molecule has 1 heterocycles. The lowest BCUT2D eigenvalue weighted by atomic mass is 9.77. The number of likely N-dealkylation sites (tertiary alicyclic amines) is 1. The van der Waals surface area contributed by atoms with Gasteiger partial charge in [-0.25, -0.2) is 0 Å². The summed E-state index contributed by atoms with van der Waals surface area (Å²) in [6.07, 6.45) is 7.70. The Morgan fingerprint density at radius 2 is 1.59 bits per heavy atom. The van der Waals surface area contributed by atoms with Gasteiger partial charge in [-0.3, -0.25) is 0 Å². The van der Waals surface area contributed by atoms with Crippen molar-refractivity contribution in [2.45, 2.75) is 58.5 Å². The monoisotopic (exact) mass is 239 g/mol. The molecule has 0 bridgehead atoms. The molecule has 2 heteroatoms. The van der Waals surface area contributed by atoms with E-state index < -0.39 is 0 Å². The van der Waals surface area contributed by atoms with Gasteiger partial charge in [-0.2, -0.15) is 0 Å². The Bertz CT molecular complexity index is 213. The highest BCUT2D eigenvalue weighted by Crippen LogP contribution is 2.33. The molecule has 2 fully saturated rings. The summed E-state index contributed by atoms with van der Waals surface area (Å²) >= 11 is 0. The van der Waals surface area contributed by atoms with Gasteiger partial charge in [-0.05, 0) is 56.3 Å². The summed E-state index contributed by atoms with van der Waals surface area (Å²) in [6.45, 7) is 8.27. The van der Waals surface area contributed by atoms with Gasteiger partial charge >= 0.3 is 0 Å². The molecule has 2 nitrogen and oxygen atoms in total. The topological polar surface area (TPSA) is 23.5 Å².